The third kappa shape index (κ3) is 3.78. The normalized spacial score (nSPS) is 12.1. The molecule has 0 aliphatic heterocycles. The fraction of sp³-hybridized carbons (Fsp3) is 0.333. The molecule has 0 radical (unpaired) electrons. The van der Waals surface area contributed by atoms with Crippen LogP contribution in [0.5, 0.6) is 5.75 Å². The number of rotatable bonds is 6. The van der Waals surface area contributed by atoms with E-state index in [1.54, 1.807) is 6.07 Å². The van der Waals surface area contributed by atoms with E-state index >= 15 is 0 Å². The summed E-state index contributed by atoms with van der Waals surface area (Å²) in [6.07, 6.45) is 2.90. The zero-order valence-corrected chi connectivity index (χ0v) is 12.9. The van der Waals surface area contributed by atoms with Gasteiger partial charge >= 0.3 is 0 Å². The van der Waals surface area contributed by atoms with Gasteiger partial charge in [0.15, 0.2) is 11.6 Å². The van der Waals surface area contributed by atoms with Crippen molar-refractivity contribution in [1.82, 2.24) is 9.78 Å². The maximum atomic E-state index is 13.8. The van der Waals surface area contributed by atoms with Crippen molar-refractivity contribution in [2.45, 2.75) is 32.9 Å². The van der Waals surface area contributed by atoms with Crippen LogP contribution >= 0.6 is 12.2 Å². The van der Waals surface area contributed by atoms with E-state index in [1.807, 2.05) is 16.9 Å². The molecule has 2 N–H and O–H groups in total. The first-order chi connectivity index (χ1) is 10.0. The molecule has 0 spiro atoms. The summed E-state index contributed by atoms with van der Waals surface area (Å²) in [7, 11) is 0. The van der Waals surface area contributed by atoms with Crippen molar-refractivity contribution in [2.75, 3.05) is 0 Å². The predicted molar refractivity (Wildman–Crippen MR) is 83.8 cm³/mol. The quantitative estimate of drug-likeness (QED) is 0.833. The van der Waals surface area contributed by atoms with Crippen LogP contribution in [0.2, 0.25) is 0 Å². The average Bonchev–Trinajstić information content (AvgIpc) is 2.93. The number of halogens is 1. The number of aromatic nitrogens is 2. The fourth-order valence-electron chi connectivity index (χ4n) is 1.81. The van der Waals surface area contributed by atoms with Crippen molar-refractivity contribution in [3.8, 4) is 5.75 Å². The van der Waals surface area contributed by atoms with Gasteiger partial charge in [0.25, 0.3) is 0 Å². The lowest BCUT2D eigenvalue weighted by Gasteiger charge is -2.09. The van der Waals surface area contributed by atoms with Crippen LogP contribution in [-0.2, 0) is 6.61 Å². The fourth-order valence-corrected chi connectivity index (χ4v) is 1.94. The highest BCUT2D eigenvalue weighted by Crippen LogP contribution is 2.19. The SMILES string of the molecule is CCC(C)n1ccc(COc2ccc(C(N)=S)cc2F)n1. The number of hydrogen-bond acceptors (Lipinski definition) is 3. The van der Waals surface area contributed by atoms with Crippen LogP contribution in [0.4, 0.5) is 4.39 Å². The second-order valence-electron chi connectivity index (χ2n) is 4.84. The maximum Gasteiger partial charge on any atom is 0.165 e. The van der Waals surface area contributed by atoms with E-state index in [9.17, 15) is 4.39 Å². The molecule has 112 valence electrons. The number of thiocarbonyl (C=S) groups is 1. The van der Waals surface area contributed by atoms with Crippen LogP contribution in [0.3, 0.4) is 0 Å². The zero-order chi connectivity index (χ0) is 15.4. The van der Waals surface area contributed by atoms with E-state index in [0.717, 1.165) is 12.1 Å². The predicted octanol–water partition coefficient (Wildman–Crippen LogP) is 3.21. The van der Waals surface area contributed by atoms with Crippen LogP contribution < -0.4 is 10.5 Å². The highest BCUT2D eigenvalue weighted by Gasteiger charge is 2.09. The Labute approximate surface area is 128 Å². The largest absolute Gasteiger partial charge is 0.484 e. The Hall–Kier alpha value is -1.95. The topological polar surface area (TPSA) is 53.1 Å². The lowest BCUT2D eigenvalue weighted by atomic mass is 10.2. The molecule has 1 atom stereocenters. The molecule has 1 aromatic carbocycles. The Morgan fingerprint density at radius 2 is 2.24 bits per heavy atom. The molecule has 0 aliphatic rings. The summed E-state index contributed by atoms with van der Waals surface area (Å²) in [5.41, 5.74) is 6.69. The average molecular weight is 307 g/mol. The van der Waals surface area contributed by atoms with Gasteiger partial charge < -0.3 is 10.5 Å². The summed E-state index contributed by atoms with van der Waals surface area (Å²) in [6, 6.07) is 6.64. The third-order valence-corrected chi connectivity index (χ3v) is 3.53. The Morgan fingerprint density at radius 3 is 2.86 bits per heavy atom. The smallest absolute Gasteiger partial charge is 0.165 e. The van der Waals surface area contributed by atoms with Gasteiger partial charge in [0, 0.05) is 17.8 Å². The number of hydrogen-bond donors (Lipinski definition) is 1. The van der Waals surface area contributed by atoms with E-state index in [1.165, 1.54) is 12.1 Å². The van der Waals surface area contributed by atoms with Crippen molar-refractivity contribution >= 4 is 17.2 Å². The Bertz CT molecular complexity index is 642. The van der Waals surface area contributed by atoms with Gasteiger partial charge in [0.2, 0.25) is 0 Å². The minimum atomic E-state index is -0.485. The van der Waals surface area contributed by atoms with Crippen LogP contribution in [0.1, 0.15) is 37.6 Å². The van der Waals surface area contributed by atoms with Gasteiger partial charge in [-0.25, -0.2) is 4.39 Å². The minimum Gasteiger partial charge on any atom is -0.484 e. The molecule has 1 heterocycles. The summed E-state index contributed by atoms with van der Waals surface area (Å²) in [4.78, 5) is 0.160. The van der Waals surface area contributed by atoms with Crippen molar-refractivity contribution in [2.24, 2.45) is 5.73 Å². The first-order valence-electron chi connectivity index (χ1n) is 6.77. The lowest BCUT2D eigenvalue weighted by Crippen LogP contribution is -2.10. The number of nitrogens with zero attached hydrogens (tertiary/aromatic N) is 2. The summed E-state index contributed by atoms with van der Waals surface area (Å²) in [6.45, 7) is 4.40. The van der Waals surface area contributed by atoms with Crippen LogP contribution in [0, 0.1) is 5.82 Å². The van der Waals surface area contributed by atoms with Gasteiger partial charge in [-0.15, -0.1) is 0 Å². The van der Waals surface area contributed by atoms with Gasteiger partial charge in [0.05, 0.1) is 5.69 Å². The second-order valence-corrected chi connectivity index (χ2v) is 5.28. The molecule has 2 rings (SSSR count). The molecule has 1 aromatic heterocycles. The maximum absolute atomic E-state index is 13.8. The van der Waals surface area contributed by atoms with Crippen LogP contribution in [-0.4, -0.2) is 14.8 Å². The number of benzene rings is 1. The first kappa shape index (κ1) is 15.4. The standard InChI is InChI=1S/C15H18FN3OS/c1-3-10(2)19-7-6-12(18-19)9-20-14-5-4-11(15(17)21)8-13(14)16/h4-8,10H,3,9H2,1-2H3,(H2,17,21). The molecule has 1 unspecified atom stereocenters. The van der Waals surface area contributed by atoms with E-state index < -0.39 is 5.82 Å². The highest BCUT2D eigenvalue weighted by molar-refractivity contribution is 7.80. The molecule has 0 amide bonds. The Kier molecular flexibility index (Phi) is 4.90. The van der Waals surface area contributed by atoms with Gasteiger partial charge in [-0.2, -0.15) is 5.10 Å². The third-order valence-electron chi connectivity index (χ3n) is 3.30. The monoisotopic (exact) mass is 307 g/mol. The number of ether oxygens (including phenoxy) is 1. The Morgan fingerprint density at radius 1 is 1.48 bits per heavy atom. The van der Waals surface area contributed by atoms with Crippen molar-refractivity contribution in [3.05, 3.63) is 47.5 Å². The molecular formula is C15H18FN3OS. The molecule has 6 heteroatoms. The van der Waals surface area contributed by atoms with Gasteiger partial charge in [0.1, 0.15) is 11.6 Å². The summed E-state index contributed by atoms with van der Waals surface area (Å²) in [5.74, 6) is -0.324. The van der Waals surface area contributed by atoms with Crippen LogP contribution in [0.15, 0.2) is 30.5 Å². The zero-order valence-electron chi connectivity index (χ0n) is 12.0. The summed E-state index contributed by atoms with van der Waals surface area (Å²) < 4.78 is 21.2. The minimum absolute atomic E-state index is 0.160. The second kappa shape index (κ2) is 6.67. The Balaban J connectivity index is 2.03. The molecule has 0 saturated carbocycles. The molecule has 0 aliphatic carbocycles. The van der Waals surface area contributed by atoms with E-state index in [2.05, 4.69) is 18.9 Å². The van der Waals surface area contributed by atoms with E-state index in [4.69, 9.17) is 22.7 Å². The molecule has 2 aromatic rings. The molecule has 0 saturated heterocycles. The van der Waals surface area contributed by atoms with Crippen molar-refractivity contribution in [1.29, 1.82) is 0 Å². The summed E-state index contributed by atoms with van der Waals surface area (Å²) >= 11 is 4.80. The molecule has 4 nitrogen and oxygen atoms in total. The first-order valence-corrected chi connectivity index (χ1v) is 7.18. The number of nitrogens with two attached hydrogens (primary N) is 1. The van der Waals surface area contributed by atoms with Gasteiger partial charge in [-0.05, 0) is 37.6 Å². The van der Waals surface area contributed by atoms with Crippen molar-refractivity contribution < 1.29 is 9.13 Å². The van der Waals surface area contributed by atoms with E-state index in [0.29, 0.717) is 11.6 Å². The van der Waals surface area contributed by atoms with E-state index in [-0.39, 0.29) is 17.3 Å². The van der Waals surface area contributed by atoms with Gasteiger partial charge in [-0.1, -0.05) is 19.1 Å². The highest BCUT2D eigenvalue weighted by atomic mass is 32.1. The lowest BCUT2D eigenvalue weighted by molar-refractivity contribution is 0.283. The van der Waals surface area contributed by atoms with Gasteiger partial charge in [-0.3, -0.25) is 4.68 Å². The molecule has 0 fully saturated rings. The molecule has 0 bridgehead atoms. The van der Waals surface area contributed by atoms with Crippen LogP contribution in [0.25, 0.3) is 0 Å². The van der Waals surface area contributed by atoms with Crippen molar-refractivity contribution in [3.63, 3.8) is 0 Å². The molecule has 21 heavy (non-hydrogen) atoms. The molecular weight excluding hydrogens is 289 g/mol. The summed E-state index contributed by atoms with van der Waals surface area (Å²) in [5, 5.41) is 4.40.